The van der Waals surface area contributed by atoms with Gasteiger partial charge in [-0.3, -0.25) is 9.59 Å². The van der Waals surface area contributed by atoms with Crippen molar-refractivity contribution in [2.24, 2.45) is 0 Å². The van der Waals surface area contributed by atoms with Crippen LogP contribution in [0, 0.1) is 0 Å². The molecule has 7 nitrogen and oxygen atoms in total. The fourth-order valence-corrected chi connectivity index (χ4v) is 4.68. The minimum Gasteiger partial charge on any atom is -0.325 e. The van der Waals surface area contributed by atoms with Crippen LogP contribution in [0.2, 0.25) is 0 Å². The van der Waals surface area contributed by atoms with E-state index in [1.165, 1.54) is 17.3 Å². The van der Waals surface area contributed by atoms with Crippen LogP contribution >= 0.6 is 11.8 Å². The Labute approximate surface area is 191 Å². The van der Waals surface area contributed by atoms with Crippen molar-refractivity contribution in [1.29, 1.82) is 0 Å². The van der Waals surface area contributed by atoms with E-state index < -0.39 is 0 Å². The SMILES string of the molecule is O=C(CSc1nnc(C2CC2)n1Cc1ccccc1)Nc1ccc(N2CCCC2=O)cc1. The van der Waals surface area contributed by atoms with Gasteiger partial charge in [-0.25, -0.2) is 0 Å². The monoisotopic (exact) mass is 447 g/mol. The Kier molecular flexibility index (Phi) is 5.94. The van der Waals surface area contributed by atoms with Crippen LogP contribution in [0.1, 0.15) is 43.0 Å². The molecule has 8 heteroatoms. The average Bonchev–Trinajstić information content (AvgIpc) is 3.44. The molecule has 1 saturated heterocycles. The van der Waals surface area contributed by atoms with Gasteiger partial charge in [0.15, 0.2) is 5.16 Å². The standard InChI is InChI=1S/C24H25N5O2S/c30-21(25-19-10-12-20(13-11-19)28-14-4-7-22(28)31)16-32-24-27-26-23(18-8-9-18)29(24)15-17-5-2-1-3-6-17/h1-3,5-6,10-13,18H,4,7-9,14-16H2,(H,25,30). The van der Waals surface area contributed by atoms with Gasteiger partial charge >= 0.3 is 0 Å². The van der Waals surface area contributed by atoms with Gasteiger partial charge < -0.3 is 14.8 Å². The molecule has 5 rings (SSSR count). The number of amides is 2. The fraction of sp³-hybridized carbons (Fsp3) is 0.333. The van der Waals surface area contributed by atoms with Crippen molar-refractivity contribution in [3.05, 3.63) is 66.0 Å². The maximum Gasteiger partial charge on any atom is 0.234 e. The van der Waals surface area contributed by atoms with Crippen molar-refractivity contribution in [3.63, 3.8) is 0 Å². The second-order valence-corrected chi connectivity index (χ2v) is 9.16. The van der Waals surface area contributed by atoms with E-state index in [-0.39, 0.29) is 17.6 Å². The lowest BCUT2D eigenvalue weighted by molar-refractivity contribution is -0.117. The molecule has 1 aliphatic heterocycles. The van der Waals surface area contributed by atoms with Gasteiger partial charge in [0.2, 0.25) is 11.8 Å². The highest BCUT2D eigenvalue weighted by Crippen LogP contribution is 2.40. The third kappa shape index (κ3) is 4.70. The Balaban J connectivity index is 1.21. The number of nitrogens with one attached hydrogen (secondary N) is 1. The molecule has 0 unspecified atom stereocenters. The molecule has 1 aromatic heterocycles. The van der Waals surface area contributed by atoms with E-state index in [1.807, 2.05) is 42.5 Å². The largest absolute Gasteiger partial charge is 0.325 e. The Morgan fingerprint density at radius 3 is 2.53 bits per heavy atom. The Hall–Kier alpha value is -3.13. The van der Waals surface area contributed by atoms with Crippen molar-refractivity contribution in [2.75, 3.05) is 22.5 Å². The Morgan fingerprint density at radius 2 is 1.84 bits per heavy atom. The average molecular weight is 448 g/mol. The molecule has 2 aromatic carbocycles. The first-order chi connectivity index (χ1) is 15.7. The highest BCUT2D eigenvalue weighted by Gasteiger charge is 2.30. The summed E-state index contributed by atoms with van der Waals surface area (Å²) in [5.74, 6) is 1.81. The van der Waals surface area contributed by atoms with Gasteiger partial charge in [0.1, 0.15) is 5.82 Å². The molecule has 32 heavy (non-hydrogen) atoms. The molecule has 164 valence electrons. The Bertz CT molecular complexity index is 1110. The summed E-state index contributed by atoms with van der Waals surface area (Å²) >= 11 is 1.41. The molecule has 3 aromatic rings. The third-order valence-corrected chi connectivity index (χ3v) is 6.71. The first-order valence-electron chi connectivity index (χ1n) is 11.0. The van der Waals surface area contributed by atoms with E-state index in [0.717, 1.165) is 48.2 Å². The zero-order chi connectivity index (χ0) is 21.9. The molecule has 0 bridgehead atoms. The molecule has 2 heterocycles. The van der Waals surface area contributed by atoms with Crippen LogP contribution in [-0.2, 0) is 16.1 Å². The first-order valence-corrected chi connectivity index (χ1v) is 12.0. The van der Waals surface area contributed by atoms with E-state index in [9.17, 15) is 9.59 Å². The quantitative estimate of drug-likeness (QED) is 0.527. The molecule has 2 aliphatic rings. The maximum atomic E-state index is 12.5. The van der Waals surface area contributed by atoms with E-state index >= 15 is 0 Å². The molecule has 1 N–H and O–H groups in total. The molecule has 0 atom stereocenters. The number of carbonyl (C=O) groups excluding carboxylic acids is 2. The maximum absolute atomic E-state index is 12.5. The van der Waals surface area contributed by atoms with Gasteiger partial charge in [0.05, 0.1) is 12.3 Å². The van der Waals surface area contributed by atoms with Crippen LogP contribution in [0.15, 0.2) is 59.8 Å². The molecule has 0 radical (unpaired) electrons. The summed E-state index contributed by atoms with van der Waals surface area (Å²) in [6, 6.07) is 17.7. The number of rotatable bonds is 8. The summed E-state index contributed by atoms with van der Waals surface area (Å²) in [7, 11) is 0. The number of hydrogen-bond donors (Lipinski definition) is 1. The zero-order valence-electron chi connectivity index (χ0n) is 17.7. The minimum atomic E-state index is -0.0952. The summed E-state index contributed by atoms with van der Waals surface area (Å²) in [5.41, 5.74) is 2.79. The second-order valence-electron chi connectivity index (χ2n) is 8.22. The summed E-state index contributed by atoms with van der Waals surface area (Å²) in [6.45, 7) is 1.47. The zero-order valence-corrected chi connectivity index (χ0v) is 18.6. The molecule has 0 spiro atoms. The number of carbonyl (C=O) groups is 2. The van der Waals surface area contributed by atoms with Crippen molar-refractivity contribution < 1.29 is 9.59 Å². The number of aromatic nitrogens is 3. The summed E-state index contributed by atoms with van der Waals surface area (Å²) in [5, 5.41) is 12.5. The fourth-order valence-electron chi connectivity index (χ4n) is 3.94. The lowest BCUT2D eigenvalue weighted by Crippen LogP contribution is -2.23. The molecule has 2 fully saturated rings. The highest BCUT2D eigenvalue weighted by molar-refractivity contribution is 7.99. The number of benzene rings is 2. The molecule has 1 aliphatic carbocycles. The van der Waals surface area contributed by atoms with Crippen LogP contribution < -0.4 is 10.2 Å². The van der Waals surface area contributed by atoms with Crippen LogP contribution in [0.4, 0.5) is 11.4 Å². The van der Waals surface area contributed by atoms with Crippen LogP contribution in [0.25, 0.3) is 0 Å². The van der Waals surface area contributed by atoms with Crippen molar-refractivity contribution in [3.8, 4) is 0 Å². The van der Waals surface area contributed by atoms with Crippen LogP contribution in [0.5, 0.6) is 0 Å². The molecule has 2 amide bonds. The van der Waals surface area contributed by atoms with E-state index in [0.29, 0.717) is 18.9 Å². The molecular formula is C24H25N5O2S. The predicted octanol–water partition coefficient (Wildman–Crippen LogP) is 4.06. The van der Waals surface area contributed by atoms with Crippen molar-refractivity contribution >= 4 is 35.0 Å². The predicted molar refractivity (Wildman–Crippen MR) is 125 cm³/mol. The van der Waals surface area contributed by atoms with Crippen LogP contribution in [-0.4, -0.2) is 38.9 Å². The van der Waals surface area contributed by atoms with Gasteiger partial charge in [-0.05, 0) is 49.1 Å². The lowest BCUT2D eigenvalue weighted by atomic mass is 10.2. The normalized spacial score (nSPS) is 15.9. The van der Waals surface area contributed by atoms with Gasteiger partial charge in [-0.15, -0.1) is 10.2 Å². The summed E-state index contributed by atoms with van der Waals surface area (Å²) in [4.78, 5) is 26.2. The van der Waals surface area contributed by atoms with Gasteiger partial charge in [0.25, 0.3) is 0 Å². The topological polar surface area (TPSA) is 80.1 Å². The van der Waals surface area contributed by atoms with E-state index in [2.05, 4.69) is 32.2 Å². The summed E-state index contributed by atoms with van der Waals surface area (Å²) < 4.78 is 2.15. The van der Waals surface area contributed by atoms with E-state index in [4.69, 9.17) is 0 Å². The van der Waals surface area contributed by atoms with Crippen molar-refractivity contribution in [1.82, 2.24) is 14.8 Å². The Morgan fingerprint density at radius 1 is 1.06 bits per heavy atom. The number of anilines is 2. The number of thioether (sulfide) groups is 1. The second kappa shape index (κ2) is 9.16. The minimum absolute atomic E-state index is 0.0952. The number of hydrogen-bond acceptors (Lipinski definition) is 5. The molecular weight excluding hydrogens is 422 g/mol. The lowest BCUT2D eigenvalue weighted by Gasteiger charge is -2.16. The van der Waals surface area contributed by atoms with E-state index in [1.54, 1.807) is 4.90 Å². The van der Waals surface area contributed by atoms with Crippen LogP contribution in [0.3, 0.4) is 0 Å². The highest BCUT2D eigenvalue weighted by atomic mass is 32.2. The van der Waals surface area contributed by atoms with Gasteiger partial charge in [-0.2, -0.15) is 0 Å². The smallest absolute Gasteiger partial charge is 0.234 e. The molecule has 1 saturated carbocycles. The van der Waals surface area contributed by atoms with Gasteiger partial charge in [0, 0.05) is 30.3 Å². The number of nitrogens with zero attached hydrogens (tertiary/aromatic N) is 4. The summed E-state index contributed by atoms with van der Waals surface area (Å²) in [6.07, 6.45) is 3.80. The first kappa shape index (κ1) is 20.8. The van der Waals surface area contributed by atoms with Gasteiger partial charge in [-0.1, -0.05) is 42.1 Å². The van der Waals surface area contributed by atoms with Crippen molar-refractivity contribution in [2.45, 2.75) is 43.3 Å². The third-order valence-electron chi connectivity index (χ3n) is 5.74.